The number of likely N-dealkylation sites (tertiary alicyclic amines) is 1. The lowest BCUT2D eigenvalue weighted by molar-refractivity contribution is 0.0913. The van der Waals surface area contributed by atoms with Gasteiger partial charge in [-0.15, -0.1) is 0 Å². The third-order valence-corrected chi connectivity index (χ3v) is 5.05. The molecule has 144 valence electrons. The molecule has 2 rings (SSSR count). The largest absolute Gasteiger partial charge is 0.493 e. The highest BCUT2D eigenvalue weighted by atomic mass is 79.9. The van der Waals surface area contributed by atoms with Crippen LogP contribution in [0.1, 0.15) is 44.0 Å². The van der Waals surface area contributed by atoms with Gasteiger partial charge in [0.1, 0.15) is 0 Å². The van der Waals surface area contributed by atoms with Crippen LogP contribution in [0.4, 0.5) is 0 Å². The van der Waals surface area contributed by atoms with Crippen LogP contribution in [0.15, 0.2) is 28.3 Å². The zero-order valence-electron chi connectivity index (χ0n) is 16.1. The second-order valence-corrected chi connectivity index (χ2v) is 7.61. The maximum Gasteiger partial charge on any atom is 0.251 e. The average Bonchev–Trinajstić information content (AvgIpc) is 2.62. The van der Waals surface area contributed by atoms with Crippen molar-refractivity contribution in [2.75, 3.05) is 33.4 Å². The number of carbonyl (C=O) groups is 1. The monoisotopic (exact) mass is 424 g/mol. The van der Waals surface area contributed by atoms with Gasteiger partial charge in [-0.05, 0) is 61.7 Å². The molecule has 0 aliphatic carbocycles. The van der Waals surface area contributed by atoms with Crippen molar-refractivity contribution in [1.82, 2.24) is 10.2 Å². The number of hydrogen-bond donors (Lipinski definition) is 1. The fourth-order valence-electron chi connectivity index (χ4n) is 2.98. The Balaban J connectivity index is 1.96. The highest BCUT2D eigenvalue weighted by molar-refractivity contribution is 9.10. The molecule has 1 aromatic carbocycles. The molecule has 5 nitrogen and oxygen atoms in total. The summed E-state index contributed by atoms with van der Waals surface area (Å²) in [5.41, 5.74) is 1.92. The van der Waals surface area contributed by atoms with Crippen molar-refractivity contribution >= 4 is 21.8 Å². The first kappa shape index (κ1) is 20.8. The molecular formula is C20H29BrN2O3. The van der Waals surface area contributed by atoms with Crippen LogP contribution in [0.2, 0.25) is 0 Å². The molecule has 0 unspecified atom stereocenters. The van der Waals surface area contributed by atoms with Crippen molar-refractivity contribution in [2.24, 2.45) is 0 Å². The minimum Gasteiger partial charge on any atom is -0.493 e. The molecule has 0 saturated carbocycles. The van der Waals surface area contributed by atoms with E-state index < -0.39 is 0 Å². The maximum absolute atomic E-state index is 12.6. The summed E-state index contributed by atoms with van der Waals surface area (Å²) in [6, 6.07) is 3.73. The molecule has 0 atom stereocenters. The van der Waals surface area contributed by atoms with E-state index in [0.29, 0.717) is 23.7 Å². The van der Waals surface area contributed by atoms with Crippen molar-refractivity contribution < 1.29 is 14.3 Å². The number of amides is 1. The highest BCUT2D eigenvalue weighted by Gasteiger charge is 2.22. The Morgan fingerprint density at radius 2 is 2.04 bits per heavy atom. The molecule has 6 heteroatoms. The van der Waals surface area contributed by atoms with Crippen molar-refractivity contribution in [2.45, 2.75) is 39.7 Å². The zero-order chi connectivity index (χ0) is 19.1. The smallest absolute Gasteiger partial charge is 0.251 e. The lowest BCUT2D eigenvalue weighted by atomic mass is 10.0. The van der Waals surface area contributed by atoms with E-state index in [1.807, 2.05) is 6.92 Å². The van der Waals surface area contributed by atoms with Crippen molar-refractivity contribution in [1.29, 1.82) is 0 Å². The number of allylic oxidation sites excluding steroid dienone is 1. The van der Waals surface area contributed by atoms with E-state index in [1.54, 1.807) is 19.2 Å². The summed E-state index contributed by atoms with van der Waals surface area (Å²) in [6.45, 7) is 9.69. The van der Waals surface area contributed by atoms with Crippen molar-refractivity contribution in [3.05, 3.63) is 33.8 Å². The van der Waals surface area contributed by atoms with Crippen LogP contribution in [0, 0.1) is 0 Å². The average molecular weight is 425 g/mol. The van der Waals surface area contributed by atoms with Gasteiger partial charge in [-0.3, -0.25) is 9.69 Å². The van der Waals surface area contributed by atoms with Crippen LogP contribution in [-0.2, 0) is 0 Å². The number of nitrogens with one attached hydrogen (secondary N) is 1. The van der Waals surface area contributed by atoms with Crippen LogP contribution in [0.25, 0.3) is 0 Å². The van der Waals surface area contributed by atoms with Crippen LogP contribution in [0.3, 0.4) is 0 Å². The standard InChI is InChI=1S/C20H29BrN2O3/c1-5-26-19-17(21)12-15(13-18(19)25-4)20(24)22-16-7-10-23(11-8-16)9-6-14(2)3/h6,12-13,16H,5,7-11H2,1-4H3,(H,22,24). The summed E-state index contributed by atoms with van der Waals surface area (Å²) in [5.74, 6) is 1.11. The number of ether oxygens (including phenoxy) is 2. The molecular weight excluding hydrogens is 396 g/mol. The van der Waals surface area contributed by atoms with E-state index in [4.69, 9.17) is 9.47 Å². The van der Waals surface area contributed by atoms with Gasteiger partial charge in [0, 0.05) is 31.2 Å². The van der Waals surface area contributed by atoms with E-state index >= 15 is 0 Å². The Bertz CT molecular complexity index is 649. The number of carbonyl (C=O) groups excluding carboxylic acids is 1. The molecule has 1 aliphatic heterocycles. The van der Waals surface area contributed by atoms with Crippen molar-refractivity contribution in [3.63, 3.8) is 0 Å². The van der Waals surface area contributed by atoms with Crippen LogP contribution < -0.4 is 14.8 Å². The second kappa shape index (κ2) is 9.97. The molecule has 1 fully saturated rings. The van der Waals surface area contributed by atoms with E-state index in [-0.39, 0.29) is 11.9 Å². The zero-order valence-corrected chi connectivity index (χ0v) is 17.7. The van der Waals surface area contributed by atoms with Crippen molar-refractivity contribution in [3.8, 4) is 11.5 Å². The van der Waals surface area contributed by atoms with Gasteiger partial charge in [0.25, 0.3) is 5.91 Å². The number of hydrogen-bond acceptors (Lipinski definition) is 4. The summed E-state index contributed by atoms with van der Waals surface area (Å²) in [6.07, 6.45) is 4.19. The van der Waals surface area contributed by atoms with Gasteiger partial charge in [0.15, 0.2) is 11.5 Å². The molecule has 0 bridgehead atoms. The van der Waals surface area contributed by atoms with Gasteiger partial charge in [0.2, 0.25) is 0 Å². The van der Waals surface area contributed by atoms with Gasteiger partial charge in [-0.25, -0.2) is 0 Å². The van der Waals surface area contributed by atoms with E-state index in [0.717, 1.165) is 36.9 Å². The molecule has 1 N–H and O–H groups in total. The number of nitrogens with zero attached hydrogens (tertiary/aromatic N) is 1. The number of rotatable bonds is 7. The highest BCUT2D eigenvalue weighted by Crippen LogP contribution is 2.36. The molecule has 1 aromatic rings. The molecule has 1 aliphatic rings. The molecule has 1 saturated heterocycles. The molecule has 0 aromatic heterocycles. The summed E-state index contributed by atoms with van der Waals surface area (Å²) in [4.78, 5) is 15.1. The molecule has 1 amide bonds. The minimum atomic E-state index is -0.0743. The predicted octanol–water partition coefficient (Wildman–Crippen LogP) is 4.02. The fraction of sp³-hybridized carbons (Fsp3) is 0.550. The Morgan fingerprint density at radius 1 is 1.35 bits per heavy atom. The first-order valence-electron chi connectivity index (χ1n) is 9.11. The first-order valence-corrected chi connectivity index (χ1v) is 9.90. The predicted molar refractivity (Wildman–Crippen MR) is 108 cm³/mol. The molecule has 1 heterocycles. The molecule has 0 radical (unpaired) electrons. The van der Waals surface area contributed by atoms with Crippen LogP contribution >= 0.6 is 15.9 Å². The lowest BCUT2D eigenvalue weighted by Gasteiger charge is -2.31. The summed E-state index contributed by atoms with van der Waals surface area (Å²) in [7, 11) is 1.58. The van der Waals surface area contributed by atoms with Crippen LogP contribution in [-0.4, -0.2) is 50.2 Å². The number of piperidine rings is 1. The summed E-state index contributed by atoms with van der Waals surface area (Å²) < 4.78 is 11.7. The summed E-state index contributed by atoms with van der Waals surface area (Å²) in [5, 5.41) is 3.15. The van der Waals surface area contributed by atoms with Crippen LogP contribution in [0.5, 0.6) is 11.5 Å². The maximum atomic E-state index is 12.6. The number of methoxy groups -OCH3 is 1. The first-order chi connectivity index (χ1) is 12.4. The Morgan fingerprint density at radius 3 is 2.62 bits per heavy atom. The molecule has 26 heavy (non-hydrogen) atoms. The van der Waals surface area contributed by atoms with Gasteiger partial charge >= 0.3 is 0 Å². The lowest BCUT2D eigenvalue weighted by Crippen LogP contribution is -2.44. The number of benzene rings is 1. The number of halogens is 1. The quantitative estimate of drug-likeness (QED) is 0.671. The SMILES string of the molecule is CCOc1c(Br)cc(C(=O)NC2CCN(CC=C(C)C)CC2)cc1OC. The Labute approximate surface area is 164 Å². The third kappa shape index (κ3) is 5.74. The Hall–Kier alpha value is -1.53. The van der Waals surface area contributed by atoms with Gasteiger partial charge < -0.3 is 14.8 Å². The molecule has 0 spiro atoms. The Kier molecular flexibility index (Phi) is 7.97. The minimum absolute atomic E-state index is 0.0743. The van der Waals surface area contributed by atoms with E-state index in [2.05, 4.69) is 46.1 Å². The third-order valence-electron chi connectivity index (χ3n) is 4.46. The van der Waals surface area contributed by atoms with E-state index in [1.165, 1.54) is 5.57 Å². The fourth-order valence-corrected chi connectivity index (χ4v) is 3.53. The van der Waals surface area contributed by atoms with Gasteiger partial charge in [0.05, 0.1) is 18.2 Å². The normalized spacial score (nSPS) is 15.4. The second-order valence-electron chi connectivity index (χ2n) is 6.75. The topological polar surface area (TPSA) is 50.8 Å². The van der Waals surface area contributed by atoms with Gasteiger partial charge in [-0.1, -0.05) is 11.6 Å². The van der Waals surface area contributed by atoms with E-state index in [9.17, 15) is 4.79 Å². The van der Waals surface area contributed by atoms with Gasteiger partial charge in [-0.2, -0.15) is 0 Å². The summed E-state index contributed by atoms with van der Waals surface area (Å²) >= 11 is 3.47.